The first-order chi connectivity index (χ1) is 12.8. The summed E-state index contributed by atoms with van der Waals surface area (Å²) < 4.78 is 27.8. The molecule has 0 fully saturated rings. The van der Waals surface area contributed by atoms with E-state index in [-0.39, 0.29) is 0 Å². The Balaban J connectivity index is 1.69. The van der Waals surface area contributed by atoms with Crippen LogP contribution >= 0.6 is 22.9 Å². The molecule has 0 amide bonds. The molecule has 0 aliphatic carbocycles. The van der Waals surface area contributed by atoms with Gasteiger partial charge < -0.3 is 0 Å². The van der Waals surface area contributed by atoms with Crippen LogP contribution in [0.1, 0.15) is 21.7 Å². The van der Waals surface area contributed by atoms with Gasteiger partial charge in [0.25, 0.3) is 0 Å². The first-order valence-corrected chi connectivity index (χ1v) is 11.2. The van der Waals surface area contributed by atoms with Crippen LogP contribution in [0.4, 0.5) is 0 Å². The number of rotatable bonds is 6. The predicted molar refractivity (Wildman–Crippen MR) is 112 cm³/mol. The lowest BCUT2D eigenvalue weighted by molar-refractivity contribution is 0.581. The summed E-state index contributed by atoms with van der Waals surface area (Å²) in [5, 5.41) is 1.60. The molecule has 0 aliphatic heterocycles. The van der Waals surface area contributed by atoms with Crippen LogP contribution < -0.4 is 4.72 Å². The lowest BCUT2D eigenvalue weighted by atomic mass is 10.2. The molecule has 1 aromatic heterocycles. The predicted octanol–water partition coefficient (Wildman–Crippen LogP) is 4.91. The molecular weight excluding hydrogens is 400 g/mol. The van der Waals surface area contributed by atoms with Crippen molar-refractivity contribution in [1.29, 1.82) is 0 Å². The van der Waals surface area contributed by atoms with Crippen LogP contribution in [0.15, 0.2) is 47.4 Å². The van der Waals surface area contributed by atoms with Crippen LogP contribution in [0, 0.1) is 20.8 Å². The molecule has 0 saturated carbocycles. The van der Waals surface area contributed by atoms with Gasteiger partial charge in [-0.3, -0.25) is 0 Å². The van der Waals surface area contributed by atoms with Crippen LogP contribution in [0.25, 0.3) is 10.6 Å². The zero-order valence-electron chi connectivity index (χ0n) is 15.4. The van der Waals surface area contributed by atoms with Crippen molar-refractivity contribution >= 4 is 33.0 Å². The van der Waals surface area contributed by atoms with Gasteiger partial charge in [0.2, 0.25) is 10.0 Å². The Kier molecular flexibility index (Phi) is 6.01. The van der Waals surface area contributed by atoms with Gasteiger partial charge in [-0.2, -0.15) is 0 Å². The van der Waals surface area contributed by atoms with Crippen molar-refractivity contribution in [3.63, 3.8) is 0 Å². The highest BCUT2D eigenvalue weighted by molar-refractivity contribution is 7.89. The number of thiazole rings is 1. The monoisotopic (exact) mass is 420 g/mol. The molecule has 0 atom stereocenters. The van der Waals surface area contributed by atoms with E-state index in [1.807, 2.05) is 57.2 Å². The van der Waals surface area contributed by atoms with Crippen molar-refractivity contribution in [1.82, 2.24) is 9.71 Å². The molecule has 0 radical (unpaired) electrons. The van der Waals surface area contributed by atoms with Gasteiger partial charge in [-0.05, 0) is 51.0 Å². The van der Waals surface area contributed by atoms with Gasteiger partial charge in [-0.1, -0.05) is 41.4 Å². The second kappa shape index (κ2) is 8.10. The van der Waals surface area contributed by atoms with Gasteiger partial charge in [0.15, 0.2) is 0 Å². The van der Waals surface area contributed by atoms with E-state index < -0.39 is 10.0 Å². The van der Waals surface area contributed by atoms with Gasteiger partial charge in [-0.25, -0.2) is 18.1 Å². The van der Waals surface area contributed by atoms with Crippen LogP contribution in [0.2, 0.25) is 5.02 Å². The van der Waals surface area contributed by atoms with E-state index in [0.29, 0.717) is 22.9 Å². The second-order valence-corrected chi connectivity index (χ2v) is 9.71. The average Bonchev–Trinajstić information content (AvgIpc) is 2.96. The summed E-state index contributed by atoms with van der Waals surface area (Å²) in [5.74, 6) is 0. The van der Waals surface area contributed by atoms with Gasteiger partial charge in [0.1, 0.15) is 5.01 Å². The number of nitrogens with zero attached hydrogens (tertiary/aromatic N) is 1. The molecule has 0 unspecified atom stereocenters. The number of aryl methyl sites for hydroxylation is 3. The molecule has 3 aromatic rings. The van der Waals surface area contributed by atoms with Crippen molar-refractivity contribution in [3.8, 4) is 10.6 Å². The molecule has 0 bridgehead atoms. The van der Waals surface area contributed by atoms with Crippen molar-refractivity contribution in [2.24, 2.45) is 0 Å². The molecule has 4 nitrogen and oxygen atoms in total. The molecule has 27 heavy (non-hydrogen) atoms. The molecule has 142 valence electrons. The Hall–Kier alpha value is -1.73. The van der Waals surface area contributed by atoms with E-state index in [4.69, 9.17) is 11.6 Å². The Labute approximate surface area is 169 Å². The molecule has 0 saturated heterocycles. The number of halogens is 1. The number of hydrogen-bond donors (Lipinski definition) is 1. The molecule has 1 heterocycles. The Bertz CT molecular complexity index is 1060. The minimum absolute atomic E-state index is 0.330. The molecule has 1 N–H and O–H groups in total. The number of nitrogens with one attached hydrogen (secondary N) is 1. The van der Waals surface area contributed by atoms with Gasteiger partial charge in [0, 0.05) is 22.0 Å². The fourth-order valence-electron chi connectivity index (χ4n) is 2.85. The fraction of sp³-hybridized carbons (Fsp3) is 0.250. The highest BCUT2D eigenvalue weighted by atomic mass is 35.5. The standard InChI is InChI=1S/C20H21ClN2O2S2/c1-13-4-9-19(14(2)12-13)27(24,25)22-11-10-18-15(3)23-20(26-18)16-5-7-17(21)8-6-16/h4-9,12,22H,10-11H2,1-3H3. The summed E-state index contributed by atoms with van der Waals surface area (Å²) in [7, 11) is -3.52. The third-order valence-corrected chi connectivity index (χ3v) is 7.39. The highest BCUT2D eigenvalue weighted by Crippen LogP contribution is 2.29. The van der Waals surface area contributed by atoms with Crippen molar-refractivity contribution < 1.29 is 8.42 Å². The Morgan fingerprint density at radius 3 is 2.44 bits per heavy atom. The zero-order chi connectivity index (χ0) is 19.6. The number of hydrogen-bond acceptors (Lipinski definition) is 4. The summed E-state index contributed by atoms with van der Waals surface area (Å²) in [5.41, 5.74) is 3.73. The molecule has 2 aromatic carbocycles. The quantitative estimate of drug-likeness (QED) is 0.616. The first kappa shape index (κ1) is 20.0. The number of sulfonamides is 1. The zero-order valence-corrected chi connectivity index (χ0v) is 17.8. The largest absolute Gasteiger partial charge is 0.241 e. The topological polar surface area (TPSA) is 59.1 Å². The van der Waals surface area contributed by atoms with E-state index in [0.717, 1.165) is 32.3 Å². The minimum Gasteiger partial charge on any atom is -0.241 e. The Morgan fingerprint density at radius 1 is 1.07 bits per heavy atom. The summed E-state index contributed by atoms with van der Waals surface area (Å²) in [4.78, 5) is 6.01. The number of aromatic nitrogens is 1. The molecule has 3 rings (SSSR count). The van der Waals surface area contributed by atoms with E-state index in [1.54, 1.807) is 17.4 Å². The van der Waals surface area contributed by atoms with Crippen LogP contribution in [0.5, 0.6) is 0 Å². The second-order valence-electron chi connectivity index (χ2n) is 6.45. The smallest absolute Gasteiger partial charge is 0.240 e. The van der Waals surface area contributed by atoms with Crippen LogP contribution in [-0.2, 0) is 16.4 Å². The molecular formula is C20H21ClN2O2S2. The van der Waals surface area contributed by atoms with E-state index in [9.17, 15) is 8.42 Å². The third-order valence-electron chi connectivity index (χ3n) is 4.25. The SMILES string of the molecule is Cc1ccc(S(=O)(=O)NCCc2sc(-c3ccc(Cl)cc3)nc2C)c(C)c1. The average molecular weight is 421 g/mol. The summed E-state index contributed by atoms with van der Waals surface area (Å²) >= 11 is 7.52. The van der Waals surface area contributed by atoms with Gasteiger partial charge >= 0.3 is 0 Å². The van der Waals surface area contributed by atoms with E-state index >= 15 is 0 Å². The summed E-state index contributed by atoms with van der Waals surface area (Å²) in [6, 6.07) is 12.9. The maximum absolute atomic E-state index is 12.6. The third kappa shape index (κ3) is 4.76. The first-order valence-electron chi connectivity index (χ1n) is 8.55. The Morgan fingerprint density at radius 2 is 1.78 bits per heavy atom. The number of benzene rings is 2. The van der Waals surface area contributed by atoms with Crippen LogP contribution in [0.3, 0.4) is 0 Å². The van der Waals surface area contributed by atoms with Crippen molar-refractivity contribution in [2.75, 3.05) is 6.54 Å². The minimum atomic E-state index is -3.52. The van der Waals surface area contributed by atoms with E-state index in [1.165, 1.54) is 0 Å². The van der Waals surface area contributed by atoms with Crippen molar-refractivity contribution in [2.45, 2.75) is 32.1 Å². The summed E-state index contributed by atoms with van der Waals surface area (Å²) in [6.07, 6.45) is 0.598. The van der Waals surface area contributed by atoms with Crippen LogP contribution in [-0.4, -0.2) is 19.9 Å². The molecule has 0 aliphatic rings. The molecule has 7 heteroatoms. The molecule has 0 spiro atoms. The van der Waals surface area contributed by atoms with Crippen molar-refractivity contribution in [3.05, 3.63) is 69.2 Å². The van der Waals surface area contributed by atoms with Gasteiger partial charge in [0.05, 0.1) is 10.6 Å². The van der Waals surface area contributed by atoms with Gasteiger partial charge in [-0.15, -0.1) is 11.3 Å². The fourth-order valence-corrected chi connectivity index (χ4v) is 5.30. The normalized spacial score (nSPS) is 11.7. The lowest BCUT2D eigenvalue weighted by Gasteiger charge is -2.09. The maximum atomic E-state index is 12.6. The van der Waals surface area contributed by atoms with E-state index in [2.05, 4.69) is 9.71 Å². The maximum Gasteiger partial charge on any atom is 0.240 e. The highest BCUT2D eigenvalue weighted by Gasteiger charge is 2.17. The lowest BCUT2D eigenvalue weighted by Crippen LogP contribution is -2.26. The summed E-state index contributed by atoms with van der Waals surface area (Å²) in [6.45, 7) is 6.04.